The van der Waals surface area contributed by atoms with E-state index in [4.69, 9.17) is 4.74 Å². The summed E-state index contributed by atoms with van der Waals surface area (Å²) >= 11 is 0. The van der Waals surface area contributed by atoms with Crippen LogP contribution in [-0.2, 0) is 4.74 Å². The molecule has 0 spiro atoms. The number of nitrogens with zero attached hydrogens (tertiary/aromatic N) is 2. The first-order chi connectivity index (χ1) is 10.8. The number of aliphatic imine (C=N–C) groups is 1. The Morgan fingerprint density at radius 2 is 2.05 bits per heavy atom. The molecule has 0 aromatic heterocycles. The molecule has 1 fully saturated rings. The fourth-order valence-corrected chi connectivity index (χ4v) is 2.98. The van der Waals surface area contributed by atoms with E-state index in [-0.39, 0.29) is 0 Å². The molecule has 3 rings (SSSR count). The zero-order chi connectivity index (χ0) is 15.2. The molecule has 5 heteroatoms. The topological polar surface area (TPSA) is 48.9 Å². The lowest BCUT2D eigenvalue weighted by atomic mass is 10.0. The van der Waals surface area contributed by atoms with E-state index in [2.05, 4.69) is 51.7 Å². The minimum absolute atomic E-state index is 0.357. The molecule has 120 valence electrons. The average Bonchev–Trinajstić information content (AvgIpc) is 2.58. The van der Waals surface area contributed by atoms with Crippen molar-refractivity contribution in [1.82, 2.24) is 15.5 Å². The van der Waals surface area contributed by atoms with Crippen LogP contribution in [0.5, 0.6) is 0 Å². The SMILES string of the molecule is Cc1ccc(C(CNC2=NCCCN2)N2CCOCC2)cc1. The molecule has 5 nitrogen and oxygen atoms in total. The molecule has 0 saturated carbocycles. The second-order valence-corrected chi connectivity index (χ2v) is 5.97. The van der Waals surface area contributed by atoms with Crippen LogP contribution in [0.1, 0.15) is 23.6 Å². The average molecular weight is 302 g/mol. The molecule has 0 bridgehead atoms. The van der Waals surface area contributed by atoms with Gasteiger partial charge in [-0.1, -0.05) is 29.8 Å². The molecule has 22 heavy (non-hydrogen) atoms. The zero-order valence-corrected chi connectivity index (χ0v) is 13.3. The van der Waals surface area contributed by atoms with Crippen LogP contribution in [0.2, 0.25) is 0 Å². The maximum atomic E-state index is 5.50. The molecule has 1 aromatic rings. The van der Waals surface area contributed by atoms with Crippen LogP contribution in [-0.4, -0.2) is 56.8 Å². The standard InChI is InChI=1S/C17H26N4O/c1-14-3-5-15(6-4-14)16(21-9-11-22-12-10-21)13-20-17-18-7-2-8-19-17/h3-6,16H,2,7-13H2,1H3,(H2,18,19,20). The van der Waals surface area contributed by atoms with Gasteiger partial charge in [0, 0.05) is 32.7 Å². The van der Waals surface area contributed by atoms with Crippen molar-refractivity contribution in [1.29, 1.82) is 0 Å². The van der Waals surface area contributed by atoms with E-state index in [1.54, 1.807) is 0 Å². The highest BCUT2D eigenvalue weighted by Gasteiger charge is 2.23. The van der Waals surface area contributed by atoms with Gasteiger partial charge < -0.3 is 15.4 Å². The van der Waals surface area contributed by atoms with Crippen molar-refractivity contribution in [2.24, 2.45) is 4.99 Å². The van der Waals surface area contributed by atoms with Gasteiger partial charge in [-0.2, -0.15) is 0 Å². The predicted molar refractivity (Wildman–Crippen MR) is 89.2 cm³/mol. The zero-order valence-electron chi connectivity index (χ0n) is 13.3. The number of hydrogen-bond acceptors (Lipinski definition) is 5. The highest BCUT2D eigenvalue weighted by molar-refractivity contribution is 5.80. The van der Waals surface area contributed by atoms with Gasteiger partial charge in [0.1, 0.15) is 0 Å². The van der Waals surface area contributed by atoms with Gasteiger partial charge in [-0.15, -0.1) is 0 Å². The van der Waals surface area contributed by atoms with Gasteiger partial charge in [-0.05, 0) is 18.9 Å². The monoisotopic (exact) mass is 302 g/mol. The number of ether oxygens (including phenoxy) is 1. The normalized spacial score (nSPS) is 20.9. The summed E-state index contributed by atoms with van der Waals surface area (Å²) in [6, 6.07) is 9.23. The Morgan fingerprint density at radius 3 is 2.73 bits per heavy atom. The van der Waals surface area contributed by atoms with Crippen molar-refractivity contribution in [3.8, 4) is 0 Å². The molecule has 1 saturated heterocycles. The van der Waals surface area contributed by atoms with E-state index in [1.807, 2.05) is 0 Å². The summed E-state index contributed by atoms with van der Waals surface area (Å²) in [5.41, 5.74) is 2.66. The van der Waals surface area contributed by atoms with Gasteiger partial charge in [0.25, 0.3) is 0 Å². The first-order valence-corrected chi connectivity index (χ1v) is 8.23. The first-order valence-electron chi connectivity index (χ1n) is 8.23. The second-order valence-electron chi connectivity index (χ2n) is 5.97. The van der Waals surface area contributed by atoms with Gasteiger partial charge in [0.05, 0.1) is 19.3 Å². The van der Waals surface area contributed by atoms with Crippen LogP contribution in [0, 0.1) is 6.92 Å². The first kappa shape index (κ1) is 15.3. The summed E-state index contributed by atoms with van der Waals surface area (Å²) in [5.74, 6) is 0.941. The fraction of sp³-hybridized carbons (Fsp3) is 0.588. The molecule has 2 aliphatic heterocycles. The molecule has 0 aliphatic carbocycles. The van der Waals surface area contributed by atoms with Gasteiger partial charge >= 0.3 is 0 Å². The summed E-state index contributed by atoms with van der Waals surface area (Å²) in [7, 11) is 0. The Hall–Kier alpha value is -1.59. The van der Waals surface area contributed by atoms with Crippen molar-refractivity contribution < 1.29 is 4.74 Å². The fourth-order valence-electron chi connectivity index (χ4n) is 2.98. The van der Waals surface area contributed by atoms with E-state index in [0.717, 1.165) is 58.3 Å². The molecular formula is C17H26N4O. The van der Waals surface area contributed by atoms with Crippen LogP contribution >= 0.6 is 0 Å². The summed E-state index contributed by atoms with van der Waals surface area (Å²) in [5, 5.41) is 6.82. The van der Waals surface area contributed by atoms with E-state index in [9.17, 15) is 0 Å². The summed E-state index contributed by atoms with van der Waals surface area (Å²) in [4.78, 5) is 7.01. The molecule has 0 amide bonds. The molecule has 2 aliphatic rings. The Kier molecular flexibility index (Phi) is 5.29. The number of aryl methyl sites for hydroxylation is 1. The number of guanidine groups is 1. The third kappa shape index (κ3) is 3.99. The van der Waals surface area contributed by atoms with Crippen molar-refractivity contribution in [2.45, 2.75) is 19.4 Å². The summed E-state index contributed by atoms with van der Waals surface area (Å²) in [6.07, 6.45) is 1.12. The Morgan fingerprint density at radius 1 is 1.27 bits per heavy atom. The van der Waals surface area contributed by atoms with Crippen LogP contribution < -0.4 is 10.6 Å². The molecular weight excluding hydrogens is 276 g/mol. The molecule has 1 atom stereocenters. The molecule has 2 N–H and O–H groups in total. The van der Waals surface area contributed by atoms with Crippen LogP contribution in [0.25, 0.3) is 0 Å². The smallest absolute Gasteiger partial charge is 0.191 e. The molecule has 1 unspecified atom stereocenters. The Bertz CT molecular complexity index is 494. The highest BCUT2D eigenvalue weighted by Crippen LogP contribution is 2.21. The summed E-state index contributed by atoms with van der Waals surface area (Å²) in [6.45, 7) is 8.55. The third-order valence-electron chi connectivity index (χ3n) is 4.31. The van der Waals surface area contributed by atoms with Gasteiger partial charge in [0.15, 0.2) is 5.96 Å². The highest BCUT2D eigenvalue weighted by atomic mass is 16.5. The van der Waals surface area contributed by atoms with Crippen molar-refractivity contribution in [3.63, 3.8) is 0 Å². The number of hydrogen-bond donors (Lipinski definition) is 2. The number of morpholine rings is 1. The minimum Gasteiger partial charge on any atom is -0.379 e. The minimum atomic E-state index is 0.357. The van der Waals surface area contributed by atoms with Crippen LogP contribution in [0.4, 0.5) is 0 Å². The predicted octanol–water partition coefficient (Wildman–Crippen LogP) is 1.31. The lowest BCUT2D eigenvalue weighted by Gasteiger charge is -2.35. The molecule has 0 radical (unpaired) electrons. The van der Waals surface area contributed by atoms with E-state index in [1.165, 1.54) is 11.1 Å². The van der Waals surface area contributed by atoms with Crippen LogP contribution in [0.3, 0.4) is 0 Å². The lowest BCUT2D eigenvalue weighted by molar-refractivity contribution is 0.0170. The lowest BCUT2D eigenvalue weighted by Crippen LogP contribution is -2.47. The maximum absolute atomic E-state index is 5.50. The van der Waals surface area contributed by atoms with Crippen molar-refractivity contribution in [2.75, 3.05) is 45.9 Å². The molecule has 2 heterocycles. The Balaban J connectivity index is 1.70. The van der Waals surface area contributed by atoms with Gasteiger partial charge in [-0.25, -0.2) is 0 Å². The van der Waals surface area contributed by atoms with E-state index < -0.39 is 0 Å². The number of rotatable bonds is 4. The van der Waals surface area contributed by atoms with Gasteiger partial charge in [-0.3, -0.25) is 9.89 Å². The Labute approximate surface area is 132 Å². The number of benzene rings is 1. The van der Waals surface area contributed by atoms with Gasteiger partial charge in [0.2, 0.25) is 0 Å². The van der Waals surface area contributed by atoms with Crippen molar-refractivity contribution >= 4 is 5.96 Å². The second kappa shape index (κ2) is 7.61. The largest absolute Gasteiger partial charge is 0.379 e. The maximum Gasteiger partial charge on any atom is 0.191 e. The van der Waals surface area contributed by atoms with Crippen LogP contribution in [0.15, 0.2) is 29.3 Å². The van der Waals surface area contributed by atoms with Crippen molar-refractivity contribution in [3.05, 3.63) is 35.4 Å². The third-order valence-corrected chi connectivity index (χ3v) is 4.31. The molecule has 1 aromatic carbocycles. The van der Waals surface area contributed by atoms with E-state index >= 15 is 0 Å². The quantitative estimate of drug-likeness (QED) is 0.880. The summed E-state index contributed by atoms with van der Waals surface area (Å²) < 4.78 is 5.50. The number of nitrogens with one attached hydrogen (secondary N) is 2. The van der Waals surface area contributed by atoms with E-state index in [0.29, 0.717) is 6.04 Å².